The summed E-state index contributed by atoms with van der Waals surface area (Å²) in [6, 6.07) is 8.22. The van der Waals surface area contributed by atoms with E-state index in [1.54, 1.807) is 0 Å². The highest BCUT2D eigenvalue weighted by Gasteiger charge is 2.18. The first kappa shape index (κ1) is 18.0. The summed E-state index contributed by atoms with van der Waals surface area (Å²) in [6.45, 7) is 1.39. The van der Waals surface area contributed by atoms with Crippen LogP contribution in [-0.2, 0) is 11.2 Å². The molecule has 0 heterocycles. The van der Waals surface area contributed by atoms with Crippen molar-refractivity contribution in [3.63, 3.8) is 0 Å². The van der Waals surface area contributed by atoms with E-state index in [0.717, 1.165) is 23.3 Å². The molecule has 0 radical (unpaired) electrons. The number of benzene rings is 2. The number of carbonyl (C=O) groups excluding carboxylic acids is 1. The third-order valence-corrected chi connectivity index (χ3v) is 3.65. The van der Waals surface area contributed by atoms with E-state index in [4.69, 9.17) is 0 Å². The Hall–Kier alpha value is -2.34. The number of nitrogens with one attached hydrogen (secondary N) is 1. The third-order valence-electron chi connectivity index (χ3n) is 3.65. The Bertz CT molecular complexity index is 711. The summed E-state index contributed by atoms with van der Waals surface area (Å²) in [4.78, 5) is 12.0. The van der Waals surface area contributed by atoms with Crippen LogP contribution in [0.2, 0.25) is 0 Å². The minimum atomic E-state index is -1.58. The van der Waals surface area contributed by atoms with Crippen molar-refractivity contribution in [1.82, 2.24) is 5.32 Å². The van der Waals surface area contributed by atoms with E-state index in [1.165, 1.54) is 0 Å². The number of halogens is 3. The Morgan fingerprint density at radius 1 is 1.17 bits per heavy atom. The minimum absolute atomic E-state index is 0.0298. The highest BCUT2D eigenvalue weighted by molar-refractivity contribution is 5.76. The molecule has 2 aromatic rings. The molecule has 0 saturated heterocycles. The zero-order valence-electron chi connectivity index (χ0n) is 13.2. The highest BCUT2D eigenvalue weighted by Crippen LogP contribution is 2.19. The number of rotatable bonds is 6. The summed E-state index contributed by atoms with van der Waals surface area (Å²) >= 11 is 0. The number of carbonyl (C=O) groups is 1. The fourth-order valence-corrected chi connectivity index (χ4v) is 2.40. The van der Waals surface area contributed by atoms with Crippen molar-refractivity contribution in [2.45, 2.75) is 25.8 Å². The van der Waals surface area contributed by atoms with Gasteiger partial charge in [-0.05, 0) is 36.6 Å². The van der Waals surface area contributed by atoms with Gasteiger partial charge in [0.2, 0.25) is 5.91 Å². The molecule has 0 saturated carbocycles. The number of aliphatic hydroxyl groups excluding tert-OH is 1. The van der Waals surface area contributed by atoms with Crippen molar-refractivity contribution >= 4 is 5.91 Å². The van der Waals surface area contributed by atoms with Crippen LogP contribution in [0.5, 0.6) is 0 Å². The van der Waals surface area contributed by atoms with E-state index in [0.29, 0.717) is 6.42 Å². The predicted octanol–water partition coefficient (Wildman–Crippen LogP) is 3.19. The summed E-state index contributed by atoms with van der Waals surface area (Å²) in [5.41, 5.74) is 2.04. The van der Waals surface area contributed by atoms with E-state index in [1.807, 2.05) is 31.2 Å². The smallest absolute Gasteiger partial charge is 0.220 e. The highest BCUT2D eigenvalue weighted by atomic mass is 19.2. The number of aliphatic hydroxyl groups is 1. The second-order valence-corrected chi connectivity index (χ2v) is 5.59. The Labute approximate surface area is 138 Å². The maximum absolute atomic E-state index is 13.3. The van der Waals surface area contributed by atoms with Crippen molar-refractivity contribution in [2.75, 3.05) is 6.61 Å². The molecule has 1 amide bonds. The first-order valence-corrected chi connectivity index (χ1v) is 7.51. The van der Waals surface area contributed by atoms with Gasteiger partial charge in [0.1, 0.15) is 0 Å². The molecule has 0 fully saturated rings. The quantitative estimate of drug-likeness (QED) is 0.796. The van der Waals surface area contributed by atoms with Crippen LogP contribution >= 0.6 is 0 Å². The maximum atomic E-state index is 13.3. The summed E-state index contributed by atoms with van der Waals surface area (Å²) in [7, 11) is 0. The van der Waals surface area contributed by atoms with Crippen LogP contribution in [0.15, 0.2) is 36.4 Å². The van der Waals surface area contributed by atoms with Gasteiger partial charge in [0.05, 0.1) is 12.6 Å². The topological polar surface area (TPSA) is 49.3 Å². The Morgan fingerprint density at radius 3 is 2.42 bits per heavy atom. The fourth-order valence-electron chi connectivity index (χ4n) is 2.40. The lowest BCUT2D eigenvalue weighted by Crippen LogP contribution is -2.31. The second-order valence-electron chi connectivity index (χ2n) is 5.59. The molecule has 0 aliphatic heterocycles. The number of amides is 1. The number of aryl methyl sites for hydroxylation is 2. The molecule has 1 atom stereocenters. The van der Waals surface area contributed by atoms with Crippen LogP contribution in [0.25, 0.3) is 0 Å². The first-order valence-electron chi connectivity index (χ1n) is 7.51. The van der Waals surface area contributed by atoms with E-state index in [9.17, 15) is 23.1 Å². The van der Waals surface area contributed by atoms with Gasteiger partial charge in [-0.15, -0.1) is 0 Å². The van der Waals surface area contributed by atoms with Crippen molar-refractivity contribution < 1.29 is 23.1 Å². The van der Waals surface area contributed by atoms with Gasteiger partial charge in [0, 0.05) is 6.42 Å². The number of hydrogen-bond donors (Lipinski definition) is 2. The molecule has 0 spiro atoms. The van der Waals surface area contributed by atoms with Crippen molar-refractivity contribution in [3.8, 4) is 0 Å². The average Bonchev–Trinajstić information content (AvgIpc) is 2.55. The zero-order valence-corrected chi connectivity index (χ0v) is 13.2. The first-order chi connectivity index (χ1) is 11.4. The van der Waals surface area contributed by atoms with Crippen LogP contribution in [0.1, 0.15) is 29.2 Å². The van der Waals surface area contributed by atoms with Crippen molar-refractivity contribution in [1.29, 1.82) is 0 Å². The molecular weight excluding hydrogens is 319 g/mol. The Balaban J connectivity index is 2.00. The van der Waals surface area contributed by atoms with Crippen LogP contribution in [-0.4, -0.2) is 17.6 Å². The van der Waals surface area contributed by atoms with Crippen molar-refractivity contribution in [2.24, 2.45) is 0 Å². The molecule has 1 unspecified atom stereocenters. The van der Waals surface area contributed by atoms with Gasteiger partial charge in [0.15, 0.2) is 17.5 Å². The molecule has 0 aliphatic carbocycles. The molecule has 128 valence electrons. The molecule has 0 aliphatic rings. The Morgan fingerprint density at radius 2 is 1.83 bits per heavy atom. The lowest BCUT2D eigenvalue weighted by Gasteiger charge is -2.17. The summed E-state index contributed by atoms with van der Waals surface area (Å²) < 4.78 is 39.5. The van der Waals surface area contributed by atoms with Crippen LogP contribution in [0.4, 0.5) is 13.2 Å². The van der Waals surface area contributed by atoms with Crippen molar-refractivity contribution in [3.05, 3.63) is 70.5 Å². The van der Waals surface area contributed by atoms with Gasteiger partial charge in [-0.3, -0.25) is 4.79 Å². The van der Waals surface area contributed by atoms with Crippen LogP contribution in [0, 0.1) is 24.4 Å². The van der Waals surface area contributed by atoms with E-state index < -0.39 is 30.1 Å². The zero-order chi connectivity index (χ0) is 17.7. The predicted molar refractivity (Wildman–Crippen MR) is 83.8 cm³/mol. The fraction of sp³-hybridized carbons (Fsp3) is 0.278. The second kappa shape index (κ2) is 7.97. The van der Waals surface area contributed by atoms with Gasteiger partial charge in [-0.2, -0.15) is 0 Å². The van der Waals surface area contributed by atoms with Gasteiger partial charge in [0.25, 0.3) is 0 Å². The third kappa shape index (κ3) is 4.58. The van der Waals surface area contributed by atoms with Gasteiger partial charge >= 0.3 is 0 Å². The molecule has 2 aromatic carbocycles. The molecule has 0 aromatic heterocycles. The maximum Gasteiger partial charge on any atom is 0.220 e. The summed E-state index contributed by atoms with van der Waals surface area (Å²) in [5.74, 6) is -4.68. The monoisotopic (exact) mass is 337 g/mol. The van der Waals surface area contributed by atoms with E-state index >= 15 is 0 Å². The lowest BCUT2D eigenvalue weighted by molar-refractivity contribution is -0.122. The molecule has 3 nitrogen and oxygen atoms in total. The molecule has 0 bridgehead atoms. The Kier molecular flexibility index (Phi) is 5.98. The lowest BCUT2D eigenvalue weighted by atomic mass is 10.0. The summed E-state index contributed by atoms with van der Waals surface area (Å²) in [5, 5.41) is 11.8. The van der Waals surface area contributed by atoms with Crippen LogP contribution in [0.3, 0.4) is 0 Å². The van der Waals surface area contributed by atoms with E-state index in [2.05, 4.69) is 5.32 Å². The minimum Gasteiger partial charge on any atom is -0.394 e. The summed E-state index contributed by atoms with van der Waals surface area (Å²) in [6.07, 6.45) is 0.657. The standard InChI is InChI=1S/C18H18F3NO2/c1-11-3-2-4-12(7-11)5-6-17(24)22-16(10-23)13-8-14(19)18(21)15(20)9-13/h2-4,7-9,16,23H,5-6,10H2,1H3,(H,22,24). The average molecular weight is 337 g/mol. The van der Waals surface area contributed by atoms with Gasteiger partial charge < -0.3 is 10.4 Å². The van der Waals surface area contributed by atoms with Gasteiger partial charge in [-0.25, -0.2) is 13.2 Å². The SMILES string of the molecule is Cc1cccc(CCC(=O)NC(CO)c2cc(F)c(F)c(F)c2)c1. The molecule has 6 heteroatoms. The molecule has 2 N–H and O–H groups in total. The molecule has 24 heavy (non-hydrogen) atoms. The molecular formula is C18H18F3NO2. The number of hydrogen-bond acceptors (Lipinski definition) is 2. The normalized spacial score (nSPS) is 12.0. The van der Waals surface area contributed by atoms with Gasteiger partial charge in [-0.1, -0.05) is 29.8 Å². The largest absolute Gasteiger partial charge is 0.394 e. The van der Waals surface area contributed by atoms with Crippen LogP contribution < -0.4 is 5.32 Å². The molecule has 2 rings (SSSR count). The van der Waals surface area contributed by atoms with E-state index in [-0.39, 0.29) is 17.9 Å².